The SMILES string of the molecule is CCC(C)(C)N(C)CC1CC12CCNCC2. The van der Waals surface area contributed by atoms with Crippen molar-refractivity contribution in [3.05, 3.63) is 0 Å². The molecule has 0 radical (unpaired) electrons. The Hall–Kier alpha value is -0.0800. The second kappa shape index (κ2) is 4.30. The zero-order chi connectivity index (χ0) is 11.8. The van der Waals surface area contributed by atoms with E-state index in [2.05, 4.69) is 38.0 Å². The quantitative estimate of drug-likeness (QED) is 0.789. The first-order valence-corrected chi connectivity index (χ1v) is 6.92. The summed E-state index contributed by atoms with van der Waals surface area (Å²) in [5, 5.41) is 3.48. The minimum Gasteiger partial charge on any atom is -0.317 e. The van der Waals surface area contributed by atoms with Crippen molar-refractivity contribution < 1.29 is 0 Å². The van der Waals surface area contributed by atoms with Gasteiger partial charge in [-0.15, -0.1) is 0 Å². The van der Waals surface area contributed by atoms with E-state index in [0.29, 0.717) is 5.54 Å². The number of piperidine rings is 1. The van der Waals surface area contributed by atoms with Crippen molar-refractivity contribution in [2.24, 2.45) is 11.3 Å². The Morgan fingerprint density at radius 2 is 1.94 bits per heavy atom. The molecule has 2 rings (SSSR count). The second-order valence-corrected chi connectivity index (χ2v) is 6.56. The van der Waals surface area contributed by atoms with Crippen LogP contribution < -0.4 is 5.32 Å². The van der Waals surface area contributed by atoms with Crippen LogP contribution >= 0.6 is 0 Å². The molecule has 0 bridgehead atoms. The summed E-state index contributed by atoms with van der Waals surface area (Å²) in [5.74, 6) is 0.977. The number of rotatable bonds is 4. The van der Waals surface area contributed by atoms with Crippen LogP contribution in [0.3, 0.4) is 0 Å². The normalized spacial score (nSPS) is 28.7. The molecule has 1 spiro atoms. The van der Waals surface area contributed by atoms with Crippen LogP contribution in [-0.2, 0) is 0 Å². The average Bonchev–Trinajstić information content (AvgIpc) is 2.91. The van der Waals surface area contributed by atoms with Crippen molar-refractivity contribution in [1.29, 1.82) is 0 Å². The molecule has 94 valence electrons. The Kier molecular flexibility index (Phi) is 3.33. The first kappa shape index (κ1) is 12.4. The van der Waals surface area contributed by atoms with E-state index in [4.69, 9.17) is 0 Å². The molecule has 1 aliphatic heterocycles. The van der Waals surface area contributed by atoms with Gasteiger partial charge < -0.3 is 10.2 Å². The third kappa shape index (κ3) is 2.28. The summed E-state index contributed by atoms with van der Waals surface area (Å²) in [6, 6.07) is 0. The van der Waals surface area contributed by atoms with Gasteiger partial charge in [0.25, 0.3) is 0 Å². The van der Waals surface area contributed by atoms with Crippen LogP contribution in [0, 0.1) is 11.3 Å². The Morgan fingerprint density at radius 1 is 1.31 bits per heavy atom. The van der Waals surface area contributed by atoms with Crippen LogP contribution in [0.2, 0.25) is 0 Å². The van der Waals surface area contributed by atoms with E-state index in [1.54, 1.807) is 0 Å². The van der Waals surface area contributed by atoms with Crippen molar-refractivity contribution in [2.75, 3.05) is 26.7 Å². The van der Waals surface area contributed by atoms with Gasteiger partial charge in [0, 0.05) is 12.1 Å². The molecule has 0 aromatic carbocycles. The standard InChI is InChI=1S/C14H28N2/c1-5-13(2,3)16(4)11-12-10-14(12)6-8-15-9-7-14/h12,15H,5-11H2,1-4H3. The average molecular weight is 224 g/mol. The van der Waals surface area contributed by atoms with Gasteiger partial charge in [-0.25, -0.2) is 0 Å². The maximum Gasteiger partial charge on any atom is 0.0147 e. The van der Waals surface area contributed by atoms with Crippen LogP contribution in [-0.4, -0.2) is 37.1 Å². The van der Waals surface area contributed by atoms with Crippen LogP contribution in [0.15, 0.2) is 0 Å². The van der Waals surface area contributed by atoms with E-state index in [1.807, 2.05) is 0 Å². The number of hydrogen-bond acceptors (Lipinski definition) is 2. The minimum absolute atomic E-state index is 0.372. The fourth-order valence-electron chi connectivity index (χ4n) is 3.07. The highest BCUT2D eigenvalue weighted by Crippen LogP contribution is 2.58. The number of hydrogen-bond donors (Lipinski definition) is 1. The van der Waals surface area contributed by atoms with Gasteiger partial charge in [0.2, 0.25) is 0 Å². The Morgan fingerprint density at radius 3 is 2.50 bits per heavy atom. The van der Waals surface area contributed by atoms with Gasteiger partial charge in [-0.05, 0) is 71.0 Å². The molecular weight excluding hydrogens is 196 g/mol. The molecule has 1 aliphatic carbocycles. The molecule has 1 saturated carbocycles. The third-order valence-corrected chi connectivity index (χ3v) is 5.35. The minimum atomic E-state index is 0.372. The van der Waals surface area contributed by atoms with E-state index in [-0.39, 0.29) is 0 Å². The molecule has 2 heteroatoms. The van der Waals surface area contributed by atoms with Gasteiger partial charge in [0.05, 0.1) is 0 Å². The molecule has 2 aliphatic rings. The molecule has 1 heterocycles. The lowest BCUT2D eigenvalue weighted by Gasteiger charge is -2.36. The predicted molar refractivity (Wildman–Crippen MR) is 69.6 cm³/mol. The topological polar surface area (TPSA) is 15.3 Å². The van der Waals surface area contributed by atoms with Gasteiger partial charge in [-0.3, -0.25) is 0 Å². The molecule has 0 aromatic heterocycles. The Labute approximate surface area is 101 Å². The molecule has 0 aromatic rings. The van der Waals surface area contributed by atoms with Crippen LogP contribution in [0.1, 0.15) is 46.5 Å². The monoisotopic (exact) mass is 224 g/mol. The molecule has 0 amide bonds. The summed E-state index contributed by atoms with van der Waals surface area (Å²) in [5.41, 5.74) is 1.11. The third-order valence-electron chi connectivity index (χ3n) is 5.35. The lowest BCUT2D eigenvalue weighted by molar-refractivity contribution is 0.133. The van der Waals surface area contributed by atoms with E-state index in [0.717, 1.165) is 11.3 Å². The Bertz CT molecular complexity index is 241. The lowest BCUT2D eigenvalue weighted by atomic mass is 9.91. The number of nitrogens with one attached hydrogen (secondary N) is 1. The highest BCUT2D eigenvalue weighted by atomic mass is 15.2. The van der Waals surface area contributed by atoms with Gasteiger partial charge in [-0.1, -0.05) is 6.92 Å². The summed E-state index contributed by atoms with van der Waals surface area (Å²) in [7, 11) is 2.30. The van der Waals surface area contributed by atoms with Crippen molar-refractivity contribution in [3.63, 3.8) is 0 Å². The van der Waals surface area contributed by atoms with Crippen molar-refractivity contribution >= 4 is 0 Å². The summed E-state index contributed by atoms with van der Waals surface area (Å²) >= 11 is 0. The summed E-state index contributed by atoms with van der Waals surface area (Å²) in [6.45, 7) is 10.8. The molecule has 1 saturated heterocycles. The maximum atomic E-state index is 3.48. The van der Waals surface area contributed by atoms with Crippen LogP contribution in [0.25, 0.3) is 0 Å². The highest BCUT2D eigenvalue weighted by molar-refractivity contribution is 5.05. The smallest absolute Gasteiger partial charge is 0.0147 e. The molecular formula is C14H28N2. The molecule has 1 atom stereocenters. The fraction of sp³-hybridized carbons (Fsp3) is 1.00. The first-order valence-electron chi connectivity index (χ1n) is 6.92. The molecule has 1 unspecified atom stereocenters. The number of nitrogens with zero attached hydrogens (tertiary/aromatic N) is 1. The largest absolute Gasteiger partial charge is 0.317 e. The van der Waals surface area contributed by atoms with Gasteiger partial charge in [0.1, 0.15) is 0 Å². The van der Waals surface area contributed by atoms with E-state index < -0.39 is 0 Å². The predicted octanol–water partition coefficient (Wildman–Crippen LogP) is 2.50. The van der Waals surface area contributed by atoms with E-state index in [9.17, 15) is 0 Å². The van der Waals surface area contributed by atoms with Gasteiger partial charge in [-0.2, -0.15) is 0 Å². The van der Waals surface area contributed by atoms with E-state index >= 15 is 0 Å². The second-order valence-electron chi connectivity index (χ2n) is 6.56. The molecule has 2 nitrogen and oxygen atoms in total. The molecule has 1 N–H and O–H groups in total. The fourth-order valence-corrected chi connectivity index (χ4v) is 3.07. The highest BCUT2D eigenvalue weighted by Gasteiger charge is 2.54. The first-order chi connectivity index (χ1) is 7.50. The van der Waals surface area contributed by atoms with Crippen molar-refractivity contribution in [1.82, 2.24) is 10.2 Å². The molecule has 2 fully saturated rings. The summed E-state index contributed by atoms with van der Waals surface area (Å²) in [6.07, 6.45) is 5.56. The lowest BCUT2D eigenvalue weighted by Crippen LogP contribution is -2.42. The summed E-state index contributed by atoms with van der Waals surface area (Å²) in [4.78, 5) is 2.58. The summed E-state index contributed by atoms with van der Waals surface area (Å²) < 4.78 is 0. The van der Waals surface area contributed by atoms with Crippen LogP contribution in [0.4, 0.5) is 0 Å². The van der Waals surface area contributed by atoms with Crippen molar-refractivity contribution in [3.8, 4) is 0 Å². The zero-order valence-electron chi connectivity index (χ0n) is 11.5. The maximum absolute atomic E-state index is 3.48. The van der Waals surface area contributed by atoms with Gasteiger partial charge in [0.15, 0.2) is 0 Å². The van der Waals surface area contributed by atoms with Gasteiger partial charge >= 0.3 is 0 Å². The van der Waals surface area contributed by atoms with Crippen molar-refractivity contribution in [2.45, 2.75) is 52.0 Å². The molecule has 16 heavy (non-hydrogen) atoms. The van der Waals surface area contributed by atoms with E-state index in [1.165, 1.54) is 45.3 Å². The van der Waals surface area contributed by atoms with Crippen LogP contribution in [0.5, 0.6) is 0 Å². The Balaban J connectivity index is 1.84. The zero-order valence-corrected chi connectivity index (χ0v) is 11.5.